The molecule has 3 unspecified atom stereocenters. The zero-order valence-electron chi connectivity index (χ0n) is 17.1. The zero-order valence-corrected chi connectivity index (χ0v) is 17.1. The number of nitrogens with one attached hydrogen (secondary N) is 1. The van der Waals surface area contributed by atoms with E-state index >= 15 is 4.39 Å². The first-order valence-electron chi connectivity index (χ1n) is 10.6. The highest BCUT2D eigenvalue weighted by Crippen LogP contribution is 2.34. The van der Waals surface area contributed by atoms with Crippen molar-refractivity contribution in [1.29, 1.82) is 0 Å². The monoisotopic (exact) mass is 434 g/mol. The molecule has 0 radical (unpaired) electrons. The van der Waals surface area contributed by atoms with Crippen LogP contribution in [0, 0.1) is 11.6 Å². The lowest BCUT2D eigenvalue weighted by molar-refractivity contribution is 0.0273. The van der Waals surface area contributed by atoms with Gasteiger partial charge in [0.2, 0.25) is 0 Å². The van der Waals surface area contributed by atoms with E-state index in [0.717, 1.165) is 17.5 Å². The number of imidazole rings is 1. The number of halogens is 2. The topological polar surface area (TPSA) is 56.4 Å². The smallest absolute Gasteiger partial charge is 0.295 e. The number of hydrogen-bond acceptors (Lipinski definition) is 4. The molecule has 32 heavy (non-hydrogen) atoms. The first kappa shape index (κ1) is 19.4. The van der Waals surface area contributed by atoms with Gasteiger partial charge < -0.3 is 19.2 Å². The number of hydrogen-bond donors (Lipinski definition) is 1. The van der Waals surface area contributed by atoms with Gasteiger partial charge in [-0.3, -0.25) is 0 Å². The van der Waals surface area contributed by atoms with Crippen LogP contribution >= 0.6 is 0 Å². The van der Waals surface area contributed by atoms with E-state index < -0.39 is 11.6 Å². The summed E-state index contributed by atoms with van der Waals surface area (Å²) in [6.45, 7) is 1.00. The molecule has 3 aromatic carbocycles. The predicted octanol–water partition coefficient (Wildman–Crippen LogP) is 5.11. The van der Waals surface area contributed by atoms with Gasteiger partial charge in [-0.15, -0.1) is 0 Å². The van der Waals surface area contributed by atoms with E-state index in [1.807, 2.05) is 42.5 Å². The molecule has 7 heteroatoms. The van der Waals surface area contributed by atoms with E-state index in [-0.39, 0.29) is 40.9 Å². The van der Waals surface area contributed by atoms with Crippen LogP contribution in [0.4, 0.5) is 8.78 Å². The average Bonchev–Trinajstić information content (AvgIpc) is 3.52. The van der Waals surface area contributed by atoms with E-state index in [2.05, 4.69) is 9.97 Å². The second-order valence-electron chi connectivity index (χ2n) is 8.08. The number of ether oxygens (including phenoxy) is 3. The molecule has 6 rings (SSSR count). The van der Waals surface area contributed by atoms with Crippen molar-refractivity contribution in [1.82, 2.24) is 9.97 Å². The molecule has 162 valence electrons. The molecule has 1 N–H and O–H groups in total. The Morgan fingerprint density at radius 2 is 1.69 bits per heavy atom. The third kappa shape index (κ3) is 3.25. The van der Waals surface area contributed by atoms with Crippen LogP contribution in [-0.2, 0) is 9.47 Å². The molecule has 2 aliphatic heterocycles. The largest absolute Gasteiger partial charge is 0.456 e. The Hall–Kier alpha value is -3.29. The van der Waals surface area contributed by atoms with Crippen LogP contribution in [0.3, 0.4) is 0 Å². The van der Waals surface area contributed by atoms with E-state index in [9.17, 15) is 4.39 Å². The fourth-order valence-corrected chi connectivity index (χ4v) is 4.51. The summed E-state index contributed by atoms with van der Waals surface area (Å²) in [5, 5.41) is 0. The molecule has 0 saturated carbocycles. The third-order valence-corrected chi connectivity index (χ3v) is 6.11. The Balaban J connectivity index is 1.32. The lowest BCUT2D eigenvalue weighted by Gasteiger charge is -2.15. The standard InChI is InChI=1S/C25H20F2N2O3/c26-17-12-18-23(29-25(28-18)32-20-13-31-19-10-11-30-24(19)20)22(27)21(17)16-8-6-15(7-9-16)14-4-2-1-3-5-14/h1-9,12,19-20,24H,10-11,13H2,(H,28,29). The first-order valence-corrected chi connectivity index (χ1v) is 10.6. The van der Waals surface area contributed by atoms with Crippen LogP contribution in [0.1, 0.15) is 6.42 Å². The lowest BCUT2D eigenvalue weighted by atomic mass is 9.99. The Labute approximate surface area is 183 Å². The van der Waals surface area contributed by atoms with Gasteiger partial charge in [0.15, 0.2) is 11.9 Å². The zero-order chi connectivity index (χ0) is 21.7. The SMILES string of the molecule is Fc1cc2[nH]c(OC3COC4CCOC43)nc2c(F)c1-c1ccc(-c2ccccc2)cc1. The maximum absolute atomic E-state index is 15.4. The minimum absolute atomic E-state index is 0.0176. The van der Waals surface area contributed by atoms with Crippen molar-refractivity contribution in [3.05, 3.63) is 72.3 Å². The van der Waals surface area contributed by atoms with E-state index in [0.29, 0.717) is 18.8 Å². The Kier molecular flexibility index (Phi) is 4.66. The Bertz CT molecular complexity index is 1270. The van der Waals surface area contributed by atoms with Crippen LogP contribution in [0.5, 0.6) is 6.01 Å². The summed E-state index contributed by atoms with van der Waals surface area (Å²) in [5.41, 5.74) is 2.61. The van der Waals surface area contributed by atoms with Crippen LogP contribution in [-0.4, -0.2) is 41.5 Å². The summed E-state index contributed by atoms with van der Waals surface area (Å²) < 4.78 is 47.5. The van der Waals surface area contributed by atoms with Crippen molar-refractivity contribution >= 4 is 11.0 Å². The van der Waals surface area contributed by atoms with Gasteiger partial charge in [0.25, 0.3) is 6.01 Å². The van der Waals surface area contributed by atoms with Gasteiger partial charge in [-0.2, -0.15) is 4.98 Å². The molecule has 0 bridgehead atoms. The molecule has 3 atom stereocenters. The van der Waals surface area contributed by atoms with Gasteiger partial charge in [-0.25, -0.2) is 8.78 Å². The minimum Gasteiger partial charge on any atom is -0.456 e. The molecule has 2 fully saturated rings. The fourth-order valence-electron chi connectivity index (χ4n) is 4.51. The van der Waals surface area contributed by atoms with E-state index in [1.54, 1.807) is 12.1 Å². The lowest BCUT2D eigenvalue weighted by Crippen LogP contribution is -2.32. The normalized spacial score (nSPS) is 22.4. The van der Waals surface area contributed by atoms with Crippen molar-refractivity contribution < 1.29 is 23.0 Å². The number of nitrogens with zero attached hydrogens (tertiary/aromatic N) is 1. The molecule has 2 saturated heterocycles. The number of benzene rings is 3. The maximum Gasteiger partial charge on any atom is 0.295 e. The summed E-state index contributed by atoms with van der Waals surface area (Å²) >= 11 is 0. The van der Waals surface area contributed by atoms with Gasteiger partial charge in [0, 0.05) is 12.7 Å². The second-order valence-corrected chi connectivity index (χ2v) is 8.08. The van der Waals surface area contributed by atoms with Crippen molar-refractivity contribution in [2.24, 2.45) is 0 Å². The Morgan fingerprint density at radius 3 is 2.50 bits per heavy atom. The van der Waals surface area contributed by atoms with E-state index in [4.69, 9.17) is 14.2 Å². The summed E-state index contributed by atoms with van der Waals surface area (Å²) in [5.74, 6) is -1.39. The maximum atomic E-state index is 15.4. The van der Waals surface area contributed by atoms with Crippen molar-refractivity contribution in [2.75, 3.05) is 13.2 Å². The highest BCUT2D eigenvalue weighted by atomic mass is 19.1. The van der Waals surface area contributed by atoms with Gasteiger partial charge in [0.1, 0.15) is 17.4 Å². The quantitative estimate of drug-likeness (QED) is 0.485. The number of aromatic nitrogens is 2. The van der Waals surface area contributed by atoms with Crippen molar-refractivity contribution in [3.8, 4) is 28.3 Å². The highest BCUT2D eigenvalue weighted by Gasteiger charge is 2.43. The number of rotatable bonds is 4. The van der Waals surface area contributed by atoms with Crippen molar-refractivity contribution in [2.45, 2.75) is 24.7 Å². The van der Waals surface area contributed by atoms with Gasteiger partial charge in [0.05, 0.1) is 23.8 Å². The molecular formula is C25H20F2N2O3. The van der Waals surface area contributed by atoms with Crippen LogP contribution in [0.25, 0.3) is 33.3 Å². The minimum atomic E-state index is -0.726. The number of aromatic amines is 1. The molecule has 3 heterocycles. The summed E-state index contributed by atoms with van der Waals surface area (Å²) in [6, 6.07) is 18.3. The Morgan fingerprint density at radius 1 is 0.938 bits per heavy atom. The van der Waals surface area contributed by atoms with Crippen LogP contribution < -0.4 is 4.74 Å². The molecule has 0 amide bonds. The second kappa shape index (κ2) is 7.69. The number of H-pyrrole nitrogens is 1. The van der Waals surface area contributed by atoms with Gasteiger partial charge >= 0.3 is 0 Å². The van der Waals surface area contributed by atoms with Gasteiger partial charge in [-0.05, 0) is 23.1 Å². The molecule has 0 spiro atoms. The molecule has 0 aliphatic carbocycles. The summed E-state index contributed by atoms with van der Waals surface area (Å²) in [4.78, 5) is 7.12. The average molecular weight is 434 g/mol. The molecule has 5 nitrogen and oxygen atoms in total. The summed E-state index contributed by atoms with van der Waals surface area (Å²) in [6.07, 6.45) is 0.352. The summed E-state index contributed by atoms with van der Waals surface area (Å²) in [7, 11) is 0. The van der Waals surface area contributed by atoms with Crippen LogP contribution in [0.2, 0.25) is 0 Å². The third-order valence-electron chi connectivity index (χ3n) is 6.11. The molecule has 4 aromatic rings. The first-order chi connectivity index (χ1) is 15.7. The number of fused-ring (bicyclic) bond motifs is 2. The predicted molar refractivity (Wildman–Crippen MR) is 115 cm³/mol. The molecule has 1 aromatic heterocycles. The molecular weight excluding hydrogens is 414 g/mol. The van der Waals surface area contributed by atoms with Crippen LogP contribution in [0.15, 0.2) is 60.7 Å². The van der Waals surface area contributed by atoms with Gasteiger partial charge in [-0.1, -0.05) is 54.6 Å². The highest BCUT2D eigenvalue weighted by molar-refractivity contribution is 5.84. The van der Waals surface area contributed by atoms with E-state index in [1.165, 1.54) is 6.07 Å². The fraction of sp³-hybridized carbons (Fsp3) is 0.240. The molecule has 2 aliphatic rings. The van der Waals surface area contributed by atoms with Crippen molar-refractivity contribution in [3.63, 3.8) is 0 Å².